The zero-order chi connectivity index (χ0) is 12.5. The Kier molecular flexibility index (Phi) is 2.83. The average Bonchev–Trinajstić information content (AvgIpc) is 2.27. The summed E-state index contributed by atoms with van der Waals surface area (Å²) in [5.41, 5.74) is -0.118. The molecule has 5 heteroatoms. The third-order valence-electron chi connectivity index (χ3n) is 3.07. The first kappa shape index (κ1) is 11.6. The van der Waals surface area contributed by atoms with E-state index in [2.05, 4.69) is 10.3 Å². The second-order valence-electron chi connectivity index (χ2n) is 4.58. The van der Waals surface area contributed by atoms with Gasteiger partial charge in [0.15, 0.2) is 0 Å². The van der Waals surface area contributed by atoms with Crippen LogP contribution < -0.4 is 5.32 Å². The van der Waals surface area contributed by atoms with Crippen molar-refractivity contribution in [3.8, 4) is 0 Å². The summed E-state index contributed by atoms with van der Waals surface area (Å²) >= 11 is 0. The third kappa shape index (κ3) is 2.43. The topological polar surface area (TPSA) is 79.3 Å². The Labute approximate surface area is 98.9 Å². The Balaban J connectivity index is 2.13. The molecule has 1 heterocycles. The molecule has 1 fully saturated rings. The van der Waals surface area contributed by atoms with Gasteiger partial charge in [-0.25, -0.2) is 9.78 Å². The minimum Gasteiger partial charge on any atom is -0.477 e. The molecule has 0 radical (unpaired) electrons. The molecule has 0 spiro atoms. The largest absolute Gasteiger partial charge is 0.477 e. The minimum absolute atomic E-state index is 0.114. The van der Waals surface area contributed by atoms with E-state index < -0.39 is 5.97 Å². The van der Waals surface area contributed by atoms with Crippen LogP contribution in [0, 0.1) is 0 Å². The second-order valence-corrected chi connectivity index (χ2v) is 4.58. The van der Waals surface area contributed by atoms with Gasteiger partial charge in [0.2, 0.25) is 0 Å². The first-order chi connectivity index (χ1) is 8.00. The molecule has 2 rings (SSSR count). The number of rotatable bonds is 3. The maximum absolute atomic E-state index is 11.9. The maximum atomic E-state index is 11.9. The van der Waals surface area contributed by atoms with Crippen LogP contribution in [0.2, 0.25) is 0 Å². The van der Waals surface area contributed by atoms with Crippen molar-refractivity contribution in [3.05, 3.63) is 29.6 Å². The summed E-state index contributed by atoms with van der Waals surface area (Å²) in [7, 11) is 0. The van der Waals surface area contributed by atoms with Crippen LogP contribution in [0.4, 0.5) is 0 Å². The Morgan fingerprint density at radius 3 is 2.53 bits per heavy atom. The molecule has 17 heavy (non-hydrogen) atoms. The van der Waals surface area contributed by atoms with E-state index in [1.54, 1.807) is 0 Å². The Hall–Kier alpha value is -1.91. The summed E-state index contributed by atoms with van der Waals surface area (Å²) in [5, 5.41) is 11.7. The molecule has 0 atom stereocenters. The lowest BCUT2D eigenvalue weighted by Gasteiger charge is -2.39. The number of pyridine rings is 1. The molecular weight excluding hydrogens is 220 g/mol. The Morgan fingerprint density at radius 2 is 2.00 bits per heavy atom. The predicted octanol–water partition coefficient (Wildman–Crippen LogP) is 1.45. The third-order valence-corrected chi connectivity index (χ3v) is 3.07. The summed E-state index contributed by atoms with van der Waals surface area (Å²) in [6, 6.07) is 4.41. The van der Waals surface area contributed by atoms with Crippen LogP contribution >= 0.6 is 0 Å². The van der Waals surface area contributed by atoms with Gasteiger partial charge in [-0.2, -0.15) is 0 Å². The van der Waals surface area contributed by atoms with Crippen molar-refractivity contribution in [2.45, 2.75) is 31.7 Å². The lowest BCUT2D eigenvalue weighted by molar-refractivity contribution is 0.0690. The number of amides is 1. The molecule has 0 bridgehead atoms. The van der Waals surface area contributed by atoms with E-state index in [1.165, 1.54) is 18.2 Å². The van der Waals surface area contributed by atoms with Gasteiger partial charge in [-0.05, 0) is 38.3 Å². The van der Waals surface area contributed by atoms with Gasteiger partial charge in [0, 0.05) is 5.54 Å². The van der Waals surface area contributed by atoms with Gasteiger partial charge in [-0.1, -0.05) is 6.07 Å². The molecule has 90 valence electrons. The molecular formula is C12H14N2O3. The fraction of sp³-hybridized carbons (Fsp3) is 0.417. The maximum Gasteiger partial charge on any atom is 0.354 e. The number of nitrogens with one attached hydrogen (secondary N) is 1. The van der Waals surface area contributed by atoms with E-state index in [9.17, 15) is 9.59 Å². The quantitative estimate of drug-likeness (QED) is 0.829. The number of carboxylic acid groups (broad SMARTS) is 1. The van der Waals surface area contributed by atoms with Crippen molar-refractivity contribution in [1.82, 2.24) is 10.3 Å². The van der Waals surface area contributed by atoms with Gasteiger partial charge in [0.05, 0.1) is 0 Å². The van der Waals surface area contributed by atoms with Crippen molar-refractivity contribution in [1.29, 1.82) is 0 Å². The van der Waals surface area contributed by atoms with Crippen LogP contribution in [0.3, 0.4) is 0 Å². The molecule has 0 unspecified atom stereocenters. The van der Waals surface area contributed by atoms with Crippen LogP contribution in [0.1, 0.15) is 47.2 Å². The highest BCUT2D eigenvalue weighted by Crippen LogP contribution is 2.31. The SMILES string of the molecule is CC1(NC(=O)c2cccc(C(=O)O)n2)CCC1. The standard InChI is InChI=1S/C12H14N2O3/c1-12(6-3-7-12)14-10(15)8-4-2-5-9(13-8)11(16)17/h2,4-5H,3,6-7H2,1H3,(H,14,15)(H,16,17). The summed E-state index contributed by atoms with van der Waals surface area (Å²) in [6.45, 7) is 1.98. The molecule has 1 amide bonds. The fourth-order valence-electron chi connectivity index (χ4n) is 1.85. The lowest BCUT2D eigenvalue weighted by Crippen LogP contribution is -2.51. The first-order valence-corrected chi connectivity index (χ1v) is 5.53. The van der Waals surface area contributed by atoms with Gasteiger partial charge >= 0.3 is 5.97 Å². The molecule has 0 aliphatic heterocycles. The zero-order valence-corrected chi connectivity index (χ0v) is 9.56. The van der Waals surface area contributed by atoms with Crippen LogP contribution in [-0.2, 0) is 0 Å². The van der Waals surface area contributed by atoms with Crippen molar-refractivity contribution < 1.29 is 14.7 Å². The van der Waals surface area contributed by atoms with Gasteiger partial charge < -0.3 is 10.4 Å². The van der Waals surface area contributed by atoms with E-state index >= 15 is 0 Å². The number of carboxylic acids is 1. The van der Waals surface area contributed by atoms with E-state index in [0.29, 0.717) is 0 Å². The number of carbonyl (C=O) groups is 2. The van der Waals surface area contributed by atoms with Crippen LogP contribution in [-0.4, -0.2) is 27.5 Å². The molecule has 2 N–H and O–H groups in total. The van der Waals surface area contributed by atoms with Gasteiger partial charge in [-0.15, -0.1) is 0 Å². The number of nitrogens with zero attached hydrogens (tertiary/aromatic N) is 1. The fourth-order valence-corrected chi connectivity index (χ4v) is 1.85. The number of hydrogen-bond donors (Lipinski definition) is 2. The van der Waals surface area contributed by atoms with Crippen molar-refractivity contribution in [3.63, 3.8) is 0 Å². The van der Waals surface area contributed by atoms with Crippen molar-refractivity contribution >= 4 is 11.9 Å². The monoisotopic (exact) mass is 234 g/mol. The second kappa shape index (κ2) is 4.16. The van der Waals surface area contributed by atoms with Gasteiger partial charge in [0.1, 0.15) is 11.4 Å². The highest BCUT2D eigenvalue weighted by atomic mass is 16.4. The summed E-state index contributed by atoms with van der Waals surface area (Å²) < 4.78 is 0. The Bertz CT molecular complexity index is 467. The van der Waals surface area contributed by atoms with Crippen LogP contribution in [0.5, 0.6) is 0 Å². The van der Waals surface area contributed by atoms with Gasteiger partial charge in [0.25, 0.3) is 5.91 Å². The Morgan fingerprint density at radius 1 is 1.35 bits per heavy atom. The molecule has 0 saturated heterocycles. The molecule has 1 saturated carbocycles. The molecule has 1 aliphatic rings. The van der Waals surface area contributed by atoms with E-state index in [1.807, 2.05) is 6.92 Å². The van der Waals surface area contributed by atoms with E-state index in [0.717, 1.165) is 19.3 Å². The lowest BCUT2D eigenvalue weighted by atomic mass is 9.78. The van der Waals surface area contributed by atoms with Gasteiger partial charge in [-0.3, -0.25) is 4.79 Å². The van der Waals surface area contributed by atoms with Crippen LogP contribution in [0.25, 0.3) is 0 Å². The number of aromatic nitrogens is 1. The van der Waals surface area contributed by atoms with E-state index in [-0.39, 0.29) is 22.8 Å². The smallest absolute Gasteiger partial charge is 0.354 e. The highest BCUT2D eigenvalue weighted by molar-refractivity contribution is 5.94. The number of carbonyl (C=O) groups excluding carboxylic acids is 1. The molecule has 5 nitrogen and oxygen atoms in total. The summed E-state index contributed by atoms with van der Waals surface area (Å²) in [5.74, 6) is -1.44. The highest BCUT2D eigenvalue weighted by Gasteiger charge is 2.33. The molecule has 1 aliphatic carbocycles. The predicted molar refractivity (Wildman–Crippen MR) is 60.9 cm³/mol. The zero-order valence-electron chi connectivity index (χ0n) is 9.56. The minimum atomic E-state index is -1.13. The summed E-state index contributed by atoms with van der Waals surface area (Å²) in [6.07, 6.45) is 3.02. The van der Waals surface area contributed by atoms with Crippen LogP contribution in [0.15, 0.2) is 18.2 Å². The van der Waals surface area contributed by atoms with Crippen molar-refractivity contribution in [2.75, 3.05) is 0 Å². The normalized spacial score (nSPS) is 17.0. The molecule has 1 aromatic rings. The first-order valence-electron chi connectivity index (χ1n) is 5.53. The number of aromatic carboxylic acids is 1. The average molecular weight is 234 g/mol. The molecule has 1 aromatic heterocycles. The number of hydrogen-bond acceptors (Lipinski definition) is 3. The van der Waals surface area contributed by atoms with Crippen molar-refractivity contribution in [2.24, 2.45) is 0 Å². The van der Waals surface area contributed by atoms with E-state index in [4.69, 9.17) is 5.11 Å². The summed E-state index contributed by atoms with van der Waals surface area (Å²) in [4.78, 5) is 26.4. The molecule has 0 aromatic carbocycles.